The lowest BCUT2D eigenvalue weighted by Gasteiger charge is -2.00. The first kappa shape index (κ1) is 10.7. The average Bonchev–Trinajstić information content (AvgIpc) is 2.60. The van der Waals surface area contributed by atoms with Crippen LogP contribution in [0.1, 0.15) is 19.0 Å². The molecule has 84 valence electrons. The summed E-state index contributed by atoms with van der Waals surface area (Å²) in [4.78, 5) is 0. The molecule has 0 aliphatic rings. The smallest absolute Gasteiger partial charge is 0.0672 e. The Morgan fingerprint density at radius 3 is 2.88 bits per heavy atom. The van der Waals surface area contributed by atoms with Crippen LogP contribution in [0.15, 0.2) is 30.5 Å². The molecule has 2 N–H and O–H groups in total. The molecule has 0 aliphatic carbocycles. The van der Waals surface area contributed by atoms with Crippen LogP contribution in [0.3, 0.4) is 0 Å². The van der Waals surface area contributed by atoms with Gasteiger partial charge in [0.25, 0.3) is 0 Å². The second-order valence-corrected chi connectivity index (χ2v) is 4.02. The number of nitrogens with zero attached hydrogens (tertiary/aromatic N) is 2. The Kier molecular flexibility index (Phi) is 2.95. The number of rotatable bonds is 3. The number of anilines is 1. The van der Waals surface area contributed by atoms with Gasteiger partial charge in [-0.05, 0) is 31.0 Å². The normalized spacial score (nSPS) is 10.6. The number of hydrogen-bond donors (Lipinski definition) is 1. The van der Waals surface area contributed by atoms with Gasteiger partial charge >= 0.3 is 0 Å². The number of aryl methyl sites for hydroxylation is 2. The van der Waals surface area contributed by atoms with Crippen molar-refractivity contribution in [3.8, 4) is 11.1 Å². The summed E-state index contributed by atoms with van der Waals surface area (Å²) in [7, 11) is 0. The minimum Gasteiger partial charge on any atom is -0.399 e. The third-order valence-electron chi connectivity index (χ3n) is 2.60. The molecule has 0 bridgehead atoms. The van der Waals surface area contributed by atoms with Crippen LogP contribution in [0.2, 0.25) is 0 Å². The van der Waals surface area contributed by atoms with Crippen LogP contribution in [0.5, 0.6) is 0 Å². The highest BCUT2D eigenvalue weighted by molar-refractivity contribution is 5.68. The van der Waals surface area contributed by atoms with E-state index in [1.165, 1.54) is 5.56 Å². The molecule has 0 saturated carbocycles. The molecule has 3 heteroatoms. The molecule has 0 unspecified atom stereocenters. The van der Waals surface area contributed by atoms with Crippen molar-refractivity contribution in [1.29, 1.82) is 0 Å². The molecule has 1 aromatic heterocycles. The molecule has 0 saturated heterocycles. The van der Waals surface area contributed by atoms with E-state index in [2.05, 4.69) is 24.3 Å². The average molecular weight is 215 g/mol. The Hall–Kier alpha value is -1.77. The van der Waals surface area contributed by atoms with Crippen molar-refractivity contribution in [2.45, 2.75) is 26.8 Å². The number of nitrogen functional groups attached to an aromatic ring is 1. The quantitative estimate of drug-likeness (QED) is 0.800. The fourth-order valence-corrected chi connectivity index (χ4v) is 1.85. The SMILES string of the molecule is CCCn1cc(-c2cccc(N)c2)c(C)n1. The molecule has 1 aromatic carbocycles. The van der Waals surface area contributed by atoms with Crippen molar-refractivity contribution >= 4 is 5.69 Å². The summed E-state index contributed by atoms with van der Waals surface area (Å²) in [5.74, 6) is 0. The van der Waals surface area contributed by atoms with Gasteiger partial charge in [0, 0.05) is 24.0 Å². The van der Waals surface area contributed by atoms with E-state index in [4.69, 9.17) is 5.73 Å². The molecule has 2 aromatic rings. The maximum absolute atomic E-state index is 5.78. The molecule has 0 atom stereocenters. The highest BCUT2D eigenvalue weighted by Crippen LogP contribution is 2.24. The van der Waals surface area contributed by atoms with Crippen molar-refractivity contribution in [1.82, 2.24) is 9.78 Å². The number of aromatic nitrogens is 2. The van der Waals surface area contributed by atoms with Gasteiger partial charge < -0.3 is 5.73 Å². The van der Waals surface area contributed by atoms with Gasteiger partial charge in [-0.3, -0.25) is 4.68 Å². The van der Waals surface area contributed by atoms with Crippen LogP contribution >= 0.6 is 0 Å². The van der Waals surface area contributed by atoms with E-state index in [1.54, 1.807) is 0 Å². The van der Waals surface area contributed by atoms with E-state index in [1.807, 2.05) is 29.8 Å². The molecular formula is C13H17N3. The van der Waals surface area contributed by atoms with Crippen LogP contribution in [0.25, 0.3) is 11.1 Å². The number of benzene rings is 1. The van der Waals surface area contributed by atoms with Crippen molar-refractivity contribution < 1.29 is 0 Å². The Labute approximate surface area is 95.9 Å². The molecule has 16 heavy (non-hydrogen) atoms. The summed E-state index contributed by atoms with van der Waals surface area (Å²) in [6.45, 7) is 5.14. The van der Waals surface area contributed by atoms with Gasteiger partial charge in [0.2, 0.25) is 0 Å². The molecule has 0 radical (unpaired) electrons. The van der Waals surface area contributed by atoms with Gasteiger partial charge in [-0.2, -0.15) is 5.10 Å². The van der Waals surface area contributed by atoms with E-state index in [9.17, 15) is 0 Å². The topological polar surface area (TPSA) is 43.8 Å². The van der Waals surface area contributed by atoms with Gasteiger partial charge in [-0.1, -0.05) is 19.1 Å². The molecule has 3 nitrogen and oxygen atoms in total. The van der Waals surface area contributed by atoms with Gasteiger partial charge in [0.05, 0.1) is 5.69 Å². The highest BCUT2D eigenvalue weighted by atomic mass is 15.3. The largest absolute Gasteiger partial charge is 0.399 e. The first-order valence-corrected chi connectivity index (χ1v) is 5.60. The minimum atomic E-state index is 0.792. The monoisotopic (exact) mass is 215 g/mol. The summed E-state index contributed by atoms with van der Waals surface area (Å²) in [6.07, 6.45) is 3.19. The van der Waals surface area contributed by atoms with Crippen LogP contribution in [-0.4, -0.2) is 9.78 Å². The third-order valence-corrected chi connectivity index (χ3v) is 2.60. The van der Waals surface area contributed by atoms with Crippen LogP contribution in [-0.2, 0) is 6.54 Å². The fraction of sp³-hybridized carbons (Fsp3) is 0.308. The molecule has 1 heterocycles. The van der Waals surface area contributed by atoms with Crippen molar-refractivity contribution in [3.05, 3.63) is 36.2 Å². The summed E-state index contributed by atoms with van der Waals surface area (Å²) in [5, 5.41) is 4.48. The fourth-order valence-electron chi connectivity index (χ4n) is 1.85. The van der Waals surface area contributed by atoms with Gasteiger partial charge in [0.1, 0.15) is 0 Å². The standard InChI is InChI=1S/C13H17N3/c1-3-7-16-9-13(10(2)15-16)11-5-4-6-12(14)8-11/h4-6,8-9H,3,7,14H2,1-2H3. The second-order valence-electron chi connectivity index (χ2n) is 4.02. The molecular weight excluding hydrogens is 198 g/mol. The van der Waals surface area contributed by atoms with Crippen molar-refractivity contribution in [3.63, 3.8) is 0 Å². The van der Waals surface area contributed by atoms with E-state index in [0.717, 1.165) is 29.9 Å². The zero-order chi connectivity index (χ0) is 11.5. The number of hydrogen-bond acceptors (Lipinski definition) is 2. The third kappa shape index (κ3) is 2.08. The lowest BCUT2D eigenvalue weighted by atomic mass is 10.1. The Morgan fingerprint density at radius 2 is 2.19 bits per heavy atom. The predicted molar refractivity (Wildman–Crippen MR) is 67.1 cm³/mol. The summed E-state index contributed by atoms with van der Waals surface area (Å²) in [6, 6.07) is 7.92. The molecule has 0 aliphatic heterocycles. The van der Waals surface area contributed by atoms with E-state index in [0.29, 0.717) is 0 Å². The zero-order valence-electron chi connectivity index (χ0n) is 9.77. The highest BCUT2D eigenvalue weighted by Gasteiger charge is 2.06. The van der Waals surface area contributed by atoms with E-state index < -0.39 is 0 Å². The van der Waals surface area contributed by atoms with Crippen molar-refractivity contribution in [2.75, 3.05) is 5.73 Å². The summed E-state index contributed by atoms with van der Waals surface area (Å²) >= 11 is 0. The lowest BCUT2D eigenvalue weighted by Crippen LogP contribution is -1.96. The van der Waals surface area contributed by atoms with E-state index >= 15 is 0 Å². The zero-order valence-corrected chi connectivity index (χ0v) is 9.77. The maximum atomic E-state index is 5.78. The Bertz CT molecular complexity index is 486. The van der Waals surface area contributed by atoms with Crippen LogP contribution in [0.4, 0.5) is 5.69 Å². The number of nitrogens with two attached hydrogens (primary N) is 1. The summed E-state index contributed by atoms with van der Waals surface area (Å²) in [5.41, 5.74) is 9.94. The van der Waals surface area contributed by atoms with Gasteiger partial charge in [0.15, 0.2) is 0 Å². The molecule has 0 amide bonds. The minimum absolute atomic E-state index is 0.792. The first-order valence-electron chi connectivity index (χ1n) is 5.60. The predicted octanol–water partition coefficient (Wildman–Crippen LogP) is 2.85. The van der Waals surface area contributed by atoms with Crippen LogP contribution < -0.4 is 5.73 Å². The van der Waals surface area contributed by atoms with Gasteiger partial charge in [-0.15, -0.1) is 0 Å². The lowest BCUT2D eigenvalue weighted by molar-refractivity contribution is 0.598. The molecule has 0 spiro atoms. The molecule has 2 rings (SSSR count). The second kappa shape index (κ2) is 4.39. The van der Waals surface area contributed by atoms with Crippen molar-refractivity contribution in [2.24, 2.45) is 0 Å². The van der Waals surface area contributed by atoms with Gasteiger partial charge in [-0.25, -0.2) is 0 Å². The Balaban J connectivity index is 2.40. The van der Waals surface area contributed by atoms with E-state index in [-0.39, 0.29) is 0 Å². The Morgan fingerprint density at radius 1 is 1.38 bits per heavy atom. The first-order chi connectivity index (χ1) is 7.70. The maximum Gasteiger partial charge on any atom is 0.0672 e. The molecule has 0 fully saturated rings. The summed E-state index contributed by atoms with van der Waals surface area (Å²) < 4.78 is 1.99. The van der Waals surface area contributed by atoms with Crippen LogP contribution in [0, 0.1) is 6.92 Å².